The van der Waals surface area contributed by atoms with Crippen LogP contribution in [0.5, 0.6) is 0 Å². The van der Waals surface area contributed by atoms with Crippen LogP contribution in [0.2, 0.25) is 0 Å². The molecular formula is C31H29LaO+3. The molecule has 159 valence electrons. The zero-order valence-electron chi connectivity index (χ0n) is 18.9. The van der Waals surface area contributed by atoms with Crippen LogP contribution in [-0.2, 0) is 4.74 Å². The zero-order valence-corrected chi connectivity index (χ0v) is 22.6. The second-order valence-corrected chi connectivity index (χ2v) is 7.78. The largest absolute Gasteiger partial charge is 3.00 e. The van der Waals surface area contributed by atoms with Gasteiger partial charge in [-0.05, 0) is 70.6 Å². The Morgan fingerprint density at radius 1 is 0.394 bits per heavy atom. The molecule has 0 N–H and O–H groups in total. The van der Waals surface area contributed by atoms with Gasteiger partial charge in [0.25, 0.3) is 0 Å². The molecule has 33 heavy (non-hydrogen) atoms. The summed E-state index contributed by atoms with van der Waals surface area (Å²) in [6, 6.07) is 0. The third kappa shape index (κ3) is 8.95. The fourth-order valence-electron chi connectivity index (χ4n) is 3.72. The van der Waals surface area contributed by atoms with Gasteiger partial charge in [0, 0.05) is 48.7 Å². The Labute approximate surface area is 231 Å². The predicted molar refractivity (Wildman–Crippen MR) is 133 cm³/mol. The first-order chi connectivity index (χ1) is 15.9. The van der Waals surface area contributed by atoms with Crippen molar-refractivity contribution in [3.63, 3.8) is 0 Å². The van der Waals surface area contributed by atoms with Crippen molar-refractivity contribution in [3.8, 4) is 0 Å². The first kappa shape index (κ1) is 27.2. The van der Waals surface area contributed by atoms with E-state index in [0.29, 0.717) is 0 Å². The van der Waals surface area contributed by atoms with Crippen molar-refractivity contribution in [2.75, 3.05) is 13.2 Å². The third-order valence-electron chi connectivity index (χ3n) is 5.47. The van der Waals surface area contributed by atoms with Gasteiger partial charge in [0.05, 0.1) is 0 Å². The molecule has 0 aromatic heterocycles. The van der Waals surface area contributed by atoms with Crippen LogP contribution < -0.4 is 0 Å². The topological polar surface area (TPSA) is 9.23 Å². The molecule has 1 nitrogen and oxygen atoms in total. The molecule has 0 atom stereocenters. The van der Waals surface area contributed by atoms with Gasteiger partial charge in [-0.2, -0.15) is 0 Å². The number of ether oxygens (including phenoxy) is 1. The molecule has 0 amide bonds. The maximum Gasteiger partial charge on any atom is 3.00 e. The van der Waals surface area contributed by atoms with Crippen molar-refractivity contribution >= 4 is 0 Å². The van der Waals surface area contributed by atoms with Crippen molar-refractivity contribution in [1.82, 2.24) is 0 Å². The Morgan fingerprint density at radius 2 is 0.636 bits per heavy atom. The molecule has 0 spiro atoms. The monoisotopic (exact) mass is 556 g/mol. The van der Waals surface area contributed by atoms with Gasteiger partial charge in [-0.1, -0.05) is 72.9 Å². The van der Waals surface area contributed by atoms with Crippen molar-refractivity contribution in [3.05, 3.63) is 166 Å². The Morgan fingerprint density at radius 3 is 0.818 bits per heavy atom. The summed E-state index contributed by atoms with van der Waals surface area (Å²) < 4.78 is 4.94. The van der Waals surface area contributed by atoms with Gasteiger partial charge in [-0.25, -0.2) is 0 Å². The molecule has 0 bridgehead atoms. The van der Waals surface area contributed by atoms with E-state index in [1.807, 2.05) is 0 Å². The number of hydrogen-bond acceptors (Lipinski definition) is 1. The Kier molecular flexibility index (Phi) is 12.8. The second kappa shape index (κ2) is 15.6. The van der Waals surface area contributed by atoms with Gasteiger partial charge in [0.1, 0.15) is 0 Å². The average molecular weight is 556 g/mol. The molecule has 0 aromatic carbocycles. The predicted octanol–water partition coefficient (Wildman–Crippen LogP) is 6.46. The van der Waals surface area contributed by atoms with E-state index in [1.54, 1.807) is 0 Å². The second-order valence-electron chi connectivity index (χ2n) is 7.78. The SMILES string of the molecule is C1CCOC1.[CH]1[CH][C]2C=CC=C[C]2[CH]1.[CH]1[CH][C]2C=CC=C[C]2[CH]1.[CH]1[CH][C]2C=CC=C[C]2[CH]1.[La+3]. The normalized spacial score (nSPS) is 25.8. The average Bonchev–Trinajstić information content (AvgIpc) is 3.67. The summed E-state index contributed by atoms with van der Waals surface area (Å²) in [6.45, 7) is 2.00. The molecule has 7 rings (SSSR count). The van der Waals surface area contributed by atoms with E-state index in [4.69, 9.17) is 4.74 Å². The minimum Gasteiger partial charge on any atom is -0.381 e. The summed E-state index contributed by atoms with van der Waals surface area (Å²) in [4.78, 5) is 0. The molecule has 4 fully saturated rings. The smallest absolute Gasteiger partial charge is 0.381 e. The van der Waals surface area contributed by atoms with E-state index < -0.39 is 0 Å². The quantitative estimate of drug-likeness (QED) is 0.333. The van der Waals surface area contributed by atoms with Gasteiger partial charge in [-0.3, -0.25) is 0 Å². The van der Waals surface area contributed by atoms with Crippen LogP contribution >= 0.6 is 0 Å². The molecule has 3 saturated carbocycles. The molecule has 6 aliphatic carbocycles. The molecule has 2 heteroatoms. The maximum absolute atomic E-state index is 4.94. The molecule has 7 aliphatic rings. The molecule has 1 saturated heterocycles. The summed E-state index contributed by atoms with van der Waals surface area (Å²) in [6.07, 6.45) is 46.6. The van der Waals surface area contributed by atoms with Crippen LogP contribution in [0, 0.1) is 129 Å². The number of fused-ring (bicyclic) bond motifs is 3. The van der Waals surface area contributed by atoms with Gasteiger partial charge in [-0.15, -0.1) is 0 Å². The minimum absolute atomic E-state index is 0. The summed E-state index contributed by atoms with van der Waals surface area (Å²) in [7, 11) is 0. The Balaban J connectivity index is 0.000000125. The van der Waals surface area contributed by atoms with E-state index in [9.17, 15) is 0 Å². The van der Waals surface area contributed by atoms with E-state index in [2.05, 4.69) is 131 Å². The molecular weight excluding hydrogens is 527 g/mol. The number of hydrogen-bond donors (Lipinski definition) is 0. The van der Waals surface area contributed by atoms with E-state index in [-0.39, 0.29) is 35.6 Å². The number of allylic oxidation sites excluding steroid dienone is 12. The summed E-state index contributed by atoms with van der Waals surface area (Å²) in [5.74, 6) is 7.99. The first-order valence-corrected chi connectivity index (χ1v) is 11.3. The molecule has 15 radical (unpaired) electrons. The zero-order chi connectivity index (χ0) is 21.8. The number of rotatable bonds is 0. The molecule has 0 aromatic rings. The summed E-state index contributed by atoms with van der Waals surface area (Å²) in [5.41, 5.74) is 0. The summed E-state index contributed by atoms with van der Waals surface area (Å²) >= 11 is 0. The van der Waals surface area contributed by atoms with Gasteiger partial charge in [0.2, 0.25) is 0 Å². The molecule has 1 heterocycles. The molecule has 0 unspecified atom stereocenters. The standard InChI is InChI=1S/3C9H7.C4H8O.La/c3*1-2-5-9-7-3-6-8(9)4-1;1-2-4-5-3-1;/h3*1-7H;1-4H2;/q;;;;+3. The van der Waals surface area contributed by atoms with Crippen molar-refractivity contribution in [2.24, 2.45) is 0 Å². The van der Waals surface area contributed by atoms with Gasteiger partial charge < -0.3 is 4.74 Å². The van der Waals surface area contributed by atoms with Crippen LogP contribution in [0.1, 0.15) is 12.8 Å². The Bertz CT molecular complexity index is 571. The van der Waals surface area contributed by atoms with Crippen molar-refractivity contribution in [2.45, 2.75) is 12.8 Å². The summed E-state index contributed by atoms with van der Waals surface area (Å²) in [5, 5.41) is 0. The van der Waals surface area contributed by atoms with Gasteiger partial charge in [0.15, 0.2) is 0 Å². The van der Waals surface area contributed by atoms with Crippen LogP contribution in [0.3, 0.4) is 0 Å². The van der Waals surface area contributed by atoms with Crippen molar-refractivity contribution in [1.29, 1.82) is 0 Å². The fourth-order valence-corrected chi connectivity index (χ4v) is 3.72. The van der Waals surface area contributed by atoms with Crippen LogP contribution in [0.25, 0.3) is 0 Å². The minimum atomic E-state index is 0. The fraction of sp³-hybridized carbons (Fsp3) is 0.129. The van der Waals surface area contributed by atoms with E-state index in [1.165, 1.54) is 48.3 Å². The first-order valence-electron chi connectivity index (χ1n) is 11.3. The third-order valence-corrected chi connectivity index (χ3v) is 5.47. The van der Waals surface area contributed by atoms with E-state index >= 15 is 0 Å². The van der Waals surface area contributed by atoms with Crippen LogP contribution in [0.15, 0.2) is 72.9 Å². The van der Waals surface area contributed by atoms with Crippen LogP contribution in [0.4, 0.5) is 0 Å². The van der Waals surface area contributed by atoms with Gasteiger partial charge >= 0.3 is 35.6 Å². The van der Waals surface area contributed by atoms with Crippen LogP contribution in [-0.4, -0.2) is 13.2 Å². The molecule has 1 aliphatic heterocycles. The van der Waals surface area contributed by atoms with E-state index in [0.717, 1.165) is 13.2 Å². The maximum atomic E-state index is 4.94. The Hall–Kier alpha value is -0.405. The van der Waals surface area contributed by atoms with Crippen molar-refractivity contribution < 1.29 is 40.3 Å².